The summed E-state index contributed by atoms with van der Waals surface area (Å²) in [6.45, 7) is 0. The molecule has 4 heteroatoms. The molecule has 0 aliphatic heterocycles. The van der Waals surface area contributed by atoms with E-state index in [0.717, 1.165) is 0 Å². The van der Waals surface area contributed by atoms with Gasteiger partial charge in [0.25, 0.3) is 0 Å². The molecule has 0 N–H and O–H groups in total. The van der Waals surface area contributed by atoms with E-state index in [-0.39, 0.29) is 0 Å². The van der Waals surface area contributed by atoms with E-state index in [0.29, 0.717) is 10.3 Å². The maximum atomic E-state index is 8.34. The van der Waals surface area contributed by atoms with E-state index in [2.05, 4.69) is 25.9 Å². The van der Waals surface area contributed by atoms with Crippen LogP contribution >= 0.6 is 15.9 Å². The van der Waals surface area contributed by atoms with Gasteiger partial charge in [-0.05, 0) is 15.9 Å². The van der Waals surface area contributed by atoms with Gasteiger partial charge >= 0.3 is 0 Å². The van der Waals surface area contributed by atoms with Gasteiger partial charge in [0, 0.05) is 12.4 Å². The summed E-state index contributed by atoms with van der Waals surface area (Å²) in [6, 6.07) is 1.87. The van der Waals surface area contributed by atoms with Crippen molar-refractivity contribution in [1.29, 1.82) is 5.26 Å². The standard InChI is InChI=1S/C5H2BrN3/c6-5-4(3-7)8-1-2-9-5/h1-2H. The summed E-state index contributed by atoms with van der Waals surface area (Å²) in [5, 5.41) is 8.34. The number of aromatic nitrogens is 2. The van der Waals surface area contributed by atoms with Crippen LogP contribution in [0.5, 0.6) is 0 Å². The number of hydrogen-bond acceptors (Lipinski definition) is 3. The third-order valence-electron chi connectivity index (χ3n) is 0.759. The Labute approximate surface area is 60.5 Å². The fourth-order valence-electron chi connectivity index (χ4n) is 0.396. The zero-order valence-corrected chi connectivity index (χ0v) is 5.96. The Morgan fingerprint density at radius 3 is 2.56 bits per heavy atom. The minimum Gasteiger partial charge on any atom is -0.245 e. The van der Waals surface area contributed by atoms with Gasteiger partial charge in [-0.3, -0.25) is 0 Å². The first-order valence-electron chi connectivity index (χ1n) is 2.21. The van der Waals surface area contributed by atoms with Gasteiger partial charge < -0.3 is 0 Å². The van der Waals surface area contributed by atoms with Crippen LogP contribution in [-0.2, 0) is 0 Å². The van der Waals surface area contributed by atoms with Crippen LogP contribution in [0.25, 0.3) is 0 Å². The van der Waals surface area contributed by atoms with E-state index in [1.807, 2.05) is 6.07 Å². The lowest BCUT2D eigenvalue weighted by Crippen LogP contribution is -1.84. The predicted molar refractivity (Wildman–Crippen MR) is 34.4 cm³/mol. The molecule has 0 saturated carbocycles. The van der Waals surface area contributed by atoms with Gasteiger partial charge in [0.05, 0.1) is 0 Å². The summed E-state index contributed by atoms with van der Waals surface area (Å²) in [6.07, 6.45) is 2.99. The maximum Gasteiger partial charge on any atom is 0.173 e. The van der Waals surface area contributed by atoms with Gasteiger partial charge in [0.1, 0.15) is 10.7 Å². The van der Waals surface area contributed by atoms with Crippen LogP contribution in [0.15, 0.2) is 17.0 Å². The zero-order chi connectivity index (χ0) is 6.69. The smallest absolute Gasteiger partial charge is 0.173 e. The fourth-order valence-corrected chi connectivity index (χ4v) is 0.705. The van der Waals surface area contributed by atoms with Crippen LogP contribution in [0, 0.1) is 11.3 Å². The highest BCUT2D eigenvalue weighted by Crippen LogP contribution is 2.06. The van der Waals surface area contributed by atoms with Crippen LogP contribution in [0.4, 0.5) is 0 Å². The van der Waals surface area contributed by atoms with Crippen LogP contribution in [0.1, 0.15) is 5.69 Å². The minimum absolute atomic E-state index is 0.317. The molecule has 0 amide bonds. The highest BCUT2D eigenvalue weighted by Gasteiger charge is 1.95. The van der Waals surface area contributed by atoms with Crippen molar-refractivity contribution in [3.8, 4) is 6.07 Å². The number of nitriles is 1. The molecular formula is C5H2BrN3. The molecule has 0 aliphatic rings. The molecule has 0 saturated heterocycles. The summed E-state index contributed by atoms with van der Waals surface area (Å²) in [4.78, 5) is 7.51. The van der Waals surface area contributed by atoms with E-state index in [4.69, 9.17) is 5.26 Å². The largest absolute Gasteiger partial charge is 0.245 e. The van der Waals surface area contributed by atoms with Gasteiger partial charge in [-0.1, -0.05) is 0 Å². The summed E-state index contributed by atoms with van der Waals surface area (Å²) in [5.74, 6) is 0. The molecule has 0 radical (unpaired) electrons. The first kappa shape index (κ1) is 6.17. The van der Waals surface area contributed by atoms with Crippen LogP contribution < -0.4 is 0 Å². The second-order valence-electron chi connectivity index (χ2n) is 1.31. The Morgan fingerprint density at radius 1 is 1.44 bits per heavy atom. The van der Waals surface area contributed by atoms with Crippen LogP contribution in [-0.4, -0.2) is 9.97 Å². The molecule has 44 valence electrons. The molecule has 1 rings (SSSR count). The third kappa shape index (κ3) is 1.24. The number of rotatable bonds is 0. The molecular weight excluding hydrogens is 182 g/mol. The first-order valence-corrected chi connectivity index (χ1v) is 3.00. The van der Waals surface area contributed by atoms with Gasteiger partial charge in [-0.25, -0.2) is 9.97 Å². The molecule has 0 fully saturated rings. The lowest BCUT2D eigenvalue weighted by atomic mass is 10.5. The Balaban J connectivity index is 3.20. The van der Waals surface area contributed by atoms with Gasteiger partial charge in [0.15, 0.2) is 5.69 Å². The predicted octanol–water partition coefficient (Wildman–Crippen LogP) is 1.11. The molecule has 1 heterocycles. The first-order chi connectivity index (χ1) is 4.34. The van der Waals surface area contributed by atoms with Crippen LogP contribution in [0.3, 0.4) is 0 Å². The topological polar surface area (TPSA) is 49.6 Å². The molecule has 0 bridgehead atoms. The maximum absolute atomic E-state index is 8.34. The van der Waals surface area contributed by atoms with E-state index < -0.39 is 0 Å². The second kappa shape index (κ2) is 2.55. The van der Waals surface area contributed by atoms with Crippen molar-refractivity contribution in [3.05, 3.63) is 22.7 Å². The van der Waals surface area contributed by atoms with Crippen molar-refractivity contribution in [2.45, 2.75) is 0 Å². The molecule has 0 unspecified atom stereocenters. The Kier molecular flexibility index (Phi) is 1.75. The van der Waals surface area contributed by atoms with Crippen molar-refractivity contribution < 1.29 is 0 Å². The molecule has 0 aliphatic carbocycles. The van der Waals surface area contributed by atoms with E-state index in [9.17, 15) is 0 Å². The summed E-state index contributed by atoms with van der Waals surface area (Å²) < 4.78 is 0.493. The Bertz CT molecular complexity index is 253. The normalized spacial score (nSPS) is 8.44. The molecule has 0 aromatic carbocycles. The molecule has 9 heavy (non-hydrogen) atoms. The number of halogens is 1. The SMILES string of the molecule is N#Cc1nccnc1Br. The number of hydrogen-bond donors (Lipinski definition) is 0. The summed E-state index contributed by atoms with van der Waals surface area (Å²) in [5.41, 5.74) is 0.317. The third-order valence-corrected chi connectivity index (χ3v) is 1.34. The van der Waals surface area contributed by atoms with Crippen molar-refractivity contribution in [2.24, 2.45) is 0 Å². The zero-order valence-electron chi connectivity index (χ0n) is 4.37. The second-order valence-corrected chi connectivity index (χ2v) is 2.06. The molecule has 1 aromatic rings. The molecule has 0 atom stereocenters. The van der Waals surface area contributed by atoms with E-state index in [1.54, 1.807) is 0 Å². The highest BCUT2D eigenvalue weighted by atomic mass is 79.9. The highest BCUT2D eigenvalue weighted by molar-refractivity contribution is 9.10. The van der Waals surface area contributed by atoms with Gasteiger partial charge in [-0.15, -0.1) is 0 Å². The summed E-state index contributed by atoms with van der Waals surface area (Å²) in [7, 11) is 0. The molecule has 1 aromatic heterocycles. The van der Waals surface area contributed by atoms with Crippen molar-refractivity contribution in [1.82, 2.24) is 9.97 Å². The van der Waals surface area contributed by atoms with Crippen LogP contribution in [0.2, 0.25) is 0 Å². The quantitative estimate of drug-likeness (QED) is 0.606. The average molecular weight is 184 g/mol. The Hall–Kier alpha value is -0.950. The lowest BCUT2D eigenvalue weighted by Gasteiger charge is -1.87. The molecule has 3 nitrogen and oxygen atoms in total. The average Bonchev–Trinajstić information content (AvgIpc) is 1.89. The lowest BCUT2D eigenvalue weighted by molar-refractivity contribution is 1.13. The van der Waals surface area contributed by atoms with E-state index >= 15 is 0 Å². The van der Waals surface area contributed by atoms with Gasteiger partial charge in [0.2, 0.25) is 0 Å². The monoisotopic (exact) mass is 183 g/mol. The van der Waals surface area contributed by atoms with Crippen molar-refractivity contribution in [2.75, 3.05) is 0 Å². The van der Waals surface area contributed by atoms with E-state index in [1.165, 1.54) is 12.4 Å². The van der Waals surface area contributed by atoms with Crippen molar-refractivity contribution in [3.63, 3.8) is 0 Å². The van der Waals surface area contributed by atoms with Crippen molar-refractivity contribution >= 4 is 15.9 Å². The summed E-state index contributed by atoms with van der Waals surface area (Å²) >= 11 is 3.06. The fraction of sp³-hybridized carbons (Fsp3) is 0. The number of nitrogens with zero attached hydrogens (tertiary/aromatic N) is 3. The Morgan fingerprint density at radius 2 is 2.11 bits per heavy atom. The van der Waals surface area contributed by atoms with Gasteiger partial charge in [-0.2, -0.15) is 5.26 Å². The minimum atomic E-state index is 0.317. The molecule has 0 spiro atoms.